The van der Waals surface area contributed by atoms with E-state index in [0.717, 1.165) is 0 Å². The standard InChI is InChI=1S/C11H11N2/c1-2-5-9-12(8-4-1)13-10-6-3-7-11-13/h1-11H/q+1. The molecule has 0 spiro atoms. The van der Waals surface area contributed by atoms with E-state index < -0.39 is 0 Å². The summed E-state index contributed by atoms with van der Waals surface area (Å²) in [6.07, 6.45) is 16.0. The van der Waals surface area contributed by atoms with E-state index in [0.29, 0.717) is 0 Å². The molecule has 0 bridgehead atoms. The monoisotopic (exact) mass is 171 g/mol. The lowest BCUT2D eigenvalue weighted by Gasteiger charge is -2.05. The third kappa shape index (κ3) is 1.85. The molecule has 0 atom stereocenters. The van der Waals surface area contributed by atoms with Crippen molar-refractivity contribution < 1.29 is 4.68 Å². The molecule has 0 aliphatic carbocycles. The van der Waals surface area contributed by atoms with Gasteiger partial charge in [-0.25, -0.2) is 0 Å². The largest absolute Gasteiger partial charge is 0.200 e. The van der Waals surface area contributed by atoms with Gasteiger partial charge < -0.3 is 0 Å². The zero-order valence-electron chi connectivity index (χ0n) is 7.25. The van der Waals surface area contributed by atoms with Gasteiger partial charge in [0.05, 0.1) is 12.4 Å². The lowest BCUT2D eigenvalue weighted by Crippen LogP contribution is -2.50. The Bertz CT molecular complexity index is 334. The van der Waals surface area contributed by atoms with Crippen molar-refractivity contribution in [1.82, 2.24) is 0 Å². The van der Waals surface area contributed by atoms with Gasteiger partial charge in [-0.2, -0.15) is 0 Å². The van der Waals surface area contributed by atoms with Crippen molar-refractivity contribution in [2.24, 2.45) is 0 Å². The second-order valence-electron chi connectivity index (χ2n) is 2.70. The van der Waals surface area contributed by atoms with Crippen LogP contribution in [0.5, 0.6) is 0 Å². The molecule has 0 amide bonds. The Morgan fingerprint density at radius 3 is 1.92 bits per heavy atom. The van der Waals surface area contributed by atoms with Gasteiger partial charge >= 0.3 is 0 Å². The first-order valence-corrected chi connectivity index (χ1v) is 4.23. The van der Waals surface area contributed by atoms with Crippen molar-refractivity contribution in [1.29, 1.82) is 0 Å². The number of rotatable bonds is 1. The topological polar surface area (TPSA) is 7.12 Å². The van der Waals surface area contributed by atoms with Crippen molar-refractivity contribution >= 4 is 0 Å². The first kappa shape index (κ1) is 7.80. The quantitative estimate of drug-likeness (QED) is 0.581. The van der Waals surface area contributed by atoms with Crippen molar-refractivity contribution in [3.05, 3.63) is 67.3 Å². The number of hydrogen-bond acceptors (Lipinski definition) is 1. The van der Waals surface area contributed by atoms with Crippen LogP contribution in [-0.2, 0) is 0 Å². The number of allylic oxidation sites excluding steroid dienone is 4. The number of nitrogens with zero attached hydrogens (tertiary/aromatic N) is 2. The van der Waals surface area contributed by atoms with Crippen LogP contribution in [0.1, 0.15) is 0 Å². The molecule has 2 rings (SSSR count). The summed E-state index contributed by atoms with van der Waals surface area (Å²) in [4.78, 5) is 0. The lowest BCUT2D eigenvalue weighted by molar-refractivity contribution is -0.679. The summed E-state index contributed by atoms with van der Waals surface area (Å²) < 4.78 is 2.00. The third-order valence-electron chi connectivity index (χ3n) is 1.78. The second kappa shape index (κ2) is 3.72. The SMILES string of the molecule is C1=CC=CN([n+]2ccccc2)C=C1. The highest BCUT2D eigenvalue weighted by atomic mass is 15.5. The second-order valence-corrected chi connectivity index (χ2v) is 2.70. The minimum absolute atomic E-state index is 2.00. The summed E-state index contributed by atoms with van der Waals surface area (Å²) in [5.74, 6) is 0. The highest BCUT2D eigenvalue weighted by Crippen LogP contribution is 1.91. The fourth-order valence-electron chi connectivity index (χ4n) is 1.15. The predicted octanol–water partition coefficient (Wildman–Crippen LogP) is 1.51. The molecular weight excluding hydrogens is 160 g/mol. The number of aromatic nitrogens is 1. The van der Waals surface area contributed by atoms with Crippen LogP contribution in [0.15, 0.2) is 67.3 Å². The van der Waals surface area contributed by atoms with E-state index in [1.165, 1.54) is 0 Å². The summed E-state index contributed by atoms with van der Waals surface area (Å²) in [6.45, 7) is 0. The zero-order chi connectivity index (χ0) is 8.93. The highest BCUT2D eigenvalue weighted by molar-refractivity contribution is 5.21. The molecule has 1 aromatic rings. The summed E-state index contributed by atoms with van der Waals surface area (Å²) >= 11 is 0. The van der Waals surface area contributed by atoms with E-state index in [2.05, 4.69) is 0 Å². The summed E-state index contributed by atoms with van der Waals surface area (Å²) in [5, 5.41) is 2.00. The molecule has 64 valence electrons. The van der Waals surface area contributed by atoms with Crippen LogP contribution in [0.3, 0.4) is 0 Å². The van der Waals surface area contributed by atoms with E-state index in [4.69, 9.17) is 0 Å². The summed E-state index contributed by atoms with van der Waals surface area (Å²) in [6, 6.07) is 6.00. The van der Waals surface area contributed by atoms with Gasteiger partial charge in [0.2, 0.25) is 0 Å². The fraction of sp³-hybridized carbons (Fsp3) is 0. The lowest BCUT2D eigenvalue weighted by atomic mass is 10.5. The average Bonchev–Trinajstić information content (AvgIpc) is 2.47. The van der Waals surface area contributed by atoms with Crippen molar-refractivity contribution in [2.75, 3.05) is 5.01 Å². The maximum atomic E-state index is 2.00. The van der Waals surface area contributed by atoms with E-state index >= 15 is 0 Å². The minimum Gasteiger partial charge on any atom is -0.131 e. The first-order chi connectivity index (χ1) is 6.47. The zero-order valence-corrected chi connectivity index (χ0v) is 7.25. The molecule has 0 saturated heterocycles. The molecule has 0 unspecified atom stereocenters. The Hall–Kier alpha value is -1.83. The predicted molar refractivity (Wildman–Crippen MR) is 52.3 cm³/mol. The maximum absolute atomic E-state index is 2.00. The molecule has 2 heterocycles. The number of pyridine rings is 1. The van der Waals surface area contributed by atoms with Crippen molar-refractivity contribution in [2.45, 2.75) is 0 Å². The normalized spacial score (nSPS) is 14.6. The Morgan fingerprint density at radius 2 is 1.31 bits per heavy atom. The molecule has 0 aromatic carbocycles. The minimum atomic E-state index is 2.00. The van der Waals surface area contributed by atoms with Crippen LogP contribution in [0.2, 0.25) is 0 Å². The Kier molecular flexibility index (Phi) is 2.23. The van der Waals surface area contributed by atoms with Gasteiger partial charge in [-0.1, -0.05) is 22.9 Å². The summed E-state index contributed by atoms with van der Waals surface area (Å²) in [7, 11) is 0. The van der Waals surface area contributed by atoms with E-state index in [1.54, 1.807) is 0 Å². The van der Waals surface area contributed by atoms with E-state index in [1.807, 2.05) is 77.0 Å². The van der Waals surface area contributed by atoms with Gasteiger partial charge in [-0.15, -0.1) is 5.01 Å². The summed E-state index contributed by atoms with van der Waals surface area (Å²) in [5.41, 5.74) is 0. The van der Waals surface area contributed by atoms with Gasteiger partial charge in [0, 0.05) is 12.1 Å². The van der Waals surface area contributed by atoms with Crippen molar-refractivity contribution in [3.63, 3.8) is 0 Å². The van der Waals surface area contributed by atoms with E-state index in [9.17, 15) is 0 Å². The molecule has 0 saturated carbocycles. The smallest absolute Gasteiger partial charge is 0.131 e. The highest BCUT2D eigenvalue weighted by Gasteiger charge is 2.03. The molecule has 13 heavy (non-hydrogen) atoms. The Labute approximate surface area is 77.7 Å². The Balaban J connectivity index is 2.27. The van der Waals surface area contributed by atoms with Crippen molar-refractivity contribution in [3.8, 4) is 0 Å². The van der Waals surface area contributed by atoms with Gasteiger partial charge in [-0.3, -0.25) is 0 Å². The molecule has 2 heteroatoms. The van der Waals surface area contributed by atoms with Crippen LogP contribution in [0.25, 0.3) is 0 Å². The fourth-order valence-corrected chi connectivity index (χ4v) is 1.15. The van der Waals surface area contributed by atoms with Crippen LogP contribution in [0.4, 0.5) is 0 Å². The van der Waals surface area contributed by atoms with E-state index in [-0.39, 0.29) is 0 Å². The van der Waals surface area contributed by atoms with Crippen LogP contribution in [0, 0.1) is 0 Å². The molecule has 1 aromatic heterocycles. The van der Waals surface area contributed by atoms with Crippen LogP contribution < -0.4 is 9.69 Å². The molecule has 0 fully saturated rings. The average molecular weight is 171 g/mol. The first-order valence-electron chi connectivity index (χ1n) is 4.23. The molecule has 0 radical (unpaired) electrons. The molecule has 1 aliphatic heterocycles. The third-order valence-corrected chi connectivity index (χ3v) is 1.78. The van der Waals surface area contributed by atoms with Gasteiger partial charge in [0.15, 0.2) is 12.4 Å². The maximum Gasteiger partial charge on any atom is 0.200 e. The number of hydrogen-bond donors (Lipinski definition) is 0. The van der Waals surface area contributed by atoms with Gasteiger partial charge in [-0.05, 0) is 12.2 Å². The Morgan fingerprint density at radius 1 is 0.692 bits per heavy atom. The van der Waals surface area contributed by atoms with Gasteiger partial charge in [0.1, 0.15) is 0 Å². The van der Waals surface area contributed by atoms with Gasteiger partial charge in [0.25, 0.3) is 0 Å². The molecule has 0 N–H and O–H groups in total. The molecular formula is C11H11N2+. The van der Waals surface area contributed by atoms with Crippen LogP contribution in [-0.4, -0.2) is 0 Å². The molecule has 2 nitrogen and oxygen atoms in total. The van der Waals surface area contributed by atoms with Crippen LogP contribution >= 0.6 is 0 Å². The molecule has 1 aliphatic rings.